The van der Waals surface area contributed by atoms with Gasteiger partial charge in [-0.15, -0.1) is 0 Å². The Labute approximate surface area is 125 Å². The van der Waals surface area contributed by atoms with E-state index in [0.717, 1.165) is 11.0 Å². The van der Waals surface area contributed by atoms with Gasteiger partial charge in [-0.3, -0.25) is 0 Å². The fraction of sp³-hybridized carbons (Fsp3) is 0.529. The van der Waals surface area contributed by atoms with Crippen molar-refractivity contribution in [1.82, 2.24) is 9.55 Å². The molecule has 0 aliphatic heterocycles. The number of hydrogen-bond acceptors (Lipinski definition) is 3. The van der Waals surface area contributed by atoms with Crippen molar-refractivity contribution in [3.8, 4) is 0 Å². The molecule has 1 aromatic heterocycles. The van der Waals surface area contributed by atoms with E-state index in [0.29, 0.717) is 11.7 Å². The van der Waals surface area contributed by atoms with Gasteiger partial charge in [0.2, 0.25) is 5.82 Å². The van der Waals surface area contributed by atoms with Gasteiger partial charge >= 0.3 is 5.97 Å². The molecule has 2 aromatic rings. The number of aryl methyl sites for hydroxylation is 1. The van der Waals surface area contributed by atoms with E-state index in [1.165, 1.54) is 31.1 Å². The number of methoxy groups -OCH3 is 1. The van der Waals surface area contributed by atoms with Crippen molar-refractivity contribution >= 4 is 17.0 Å². The molecule has 3 rings (SSSR count). The summed E-state index contributed by atoms with van der Waals surface area (Å²) in [6.07, 6.45) is 2.52. The van der Waals surface area contributed by atoms with Crippen LogP contribution in [-0.2, 0) is 17.2 Å². The number of benzene rings is 1. The van der Waals surface area contributed by atoms with Crippen LogP contribution in [0.3, 0.4) is 0 Å². The Hall–Kier alpha value is -1.84. The number of carbonyl (C=O) groups excluding carboxylic acids is 1. The lowest BCUT2D eigenvalue weighted by Gasteiger charge is -2.20. The smallest absolute Gasteiger partial charge is 0.374 e. The number of nitrogens with zero attached hydrogens (tertiary/aromatic N) is 2. The fourth-order valence-electron chi connectivity index (χ4n) is 2.81. The van der Waals surface area contributed by atoms with Crippen LogP contribution in [0.15, 0.2) is 12.1 Å². The quantitative estimate of drug-likeness (QED) is 0.793. The Bertz CT molecular complexity index is 718. The van der Waals surface area contributed by atoms with E-state index in [-0.39, 0.29) is 11.4 Å². The van der Waals surface area contributed by atoms with Gasteiger partial charge in [0, 0.05) is 7.05 Å². The van der Waals surface area contributed by atoms with Crippen LogP contribution in [0.25, 0.3) is 11.0 Å². The first kappa shape index (κ1) is 14.1. The first-order valence-electron chi connectivity index (χ1n) is 7.42. The maximum atomic E-state index is 11.9. The summed E-state index contributed by atoms with van der Waals surface area (Å²) in [7, 11) is 3.27. The van der Waals surface area contributed by atoms with Gasteiger partial charge in [-0.2, -0.15) is 0 Å². The zero-order valence-corrected chi connectivity index (χ0v) is 13.4. The SMILES string of the molecule is COC(=O)c1nc2c(C(C)(C)C)cc(C3CC3)cc2n1C. The third-order valence-corrected chi connectivity index (χ3v) is 4.23. The van der Waals surface area contributed by atoms with E-state index in [9.17, 15) is 4.79 Å². The van der Waals surface area contributed by atoms with Crippen LogP contribution in [0.4, 0.5) is 0 Å². The van der Waals surface area contributed by atoms with Gasteiger partial charge in [0.05, 0.1) is 18.1 Å². The van der Waals surface area contributed by atoms with Gasteiger partial charge in [0.15, 0.2) is 0 Å². The van der Waals surface area contributed by atoms with Gasteiger partial charge in [-0.1, -0.05) is 26.8 Å². The normalized spacial score (nSPS) is 15.5. The number of hydrogen-bond donors (Lipinski definition) is 0. The number of imidazole rings is 1. The van der Waals surface area contributed by atoms with Crippen LogP contribution in [-0.4, -0.2) is 22.6 Å². The zero-order chi connectivity index (χ0) is 15.4. The van der Waals surface area contributed by atoms with Crippen molar-refractivity contribution in [3.63, 3.8) is 0 Å². The van der Waals surface area contributed by atoms with Crippen LogP contribution in [0.5, 0.6) is 0 Å². The maximum Gasteiger partial charge on any atom is 0.374 e. The number of esters is 1. The van der Waals surface area contributed by atoms with Crippen molar-refractivity contribution in [2.45, 2.75) is 44.9 Å². The average molecular weight is 286 g/mol. The highest BCUT2D eigenvalue weighted by molar-refractivity contribution is 5.92. The number of fused-ring (bicyclic) bond motifs is 1. The van der Waals surface area contributed by atoms with E-state index in [1.807, 2.05) is 11.6 Å². The summed E-state index contributed by atoms with van der Waals surface area (Å²) in [6.45, 7) is 6.56. The molecule has 0 spiro atoms. The molecule has 1 aliphatic carbocycles. The number of carbonyl (C=O) groups is 1. The molecule has 4 nitrogen and oxygen atoms in total. The molecule has 1 heterocycles. The second-order valence-electron chi connectivity index (χ2n) is 6.95. The Kier molecular flexibility index (Phi) is 3.08. The van der Waals surface area contributed by atoms with Crippen molar-refractivity contribution < 1.29 is 9.53 Å². The molecule has 4 heteroatoms. The molecule has 0 atom stereocenters. The summed E-state index contributed by atoms with van der Waals surface area (Å²) in [5.74, 6) is 0.652. The fourth-order valence-corrected chi connectivity index (χ4v) is 2.81. The van der Waals surface area contributed by atoms with Crippen LogP contribution < -0.4 is 0 Å². The molecule has 0 bridgehead atoms. The second-order valence-corrected chi connectivity index (χ2v) is 6.95. The summed E-state index contributed by atoms with van der Waals surface area (Å²) < 4.78 is 6.69. The Morgan fingerprint density at radius 2 is 2.00 bits per heavy atom. The molecule has 0 unspecified atom stereocenters. The molecular formula is C17H22N2O2. The lowest BCUT2D eigenvalue weighted by atomic mass is 9.84. The molecule has 1 aliphatic rings. The third-order valence-electron chi connectivity index (χ3n) is 4.23. The molecule has 21 heavy (non-hydrogen) atoms. The first-order chi connectivity index (χ1) is 9.82. The van der Waals surface area contributed by atoms with Crippen LogP contribution >= 0.6 is 0 Å². The molecule has 1 saturated carbocycles. The molecule has 0 radical (unpaired) electrons. The highest BCUT2D eigenvalue weighted by Gasteiger charge is 2.29. The maximum absolute atomic E-state index is 11.9. The van der Waals surface area contributed by atoms with Crippen LogP contribution in [0, 0.1) is 0 Å². The summed E-state index contributed by atoms with van der Waals surface area (Å²) >= 11 is 0. The predicted molar refractivity (Wildman–Crippen MR) is 82.7 cm³/mol. The summed E-state index contributed by atoms with van der Waals surface area (Å²) in [5.41, 5.74) is 4.49. The molecule has 0 saturated heterocycles. The van der Waals surface area contributed by atoms with E-state index in [2.05, 4.69) is 37.9 Å². The topological polar surface area (TPSA) is 44.1 Å². The number of aromatic nitrogens is 2. The Morgan fingerprint density at radius 3 is 2.52 bits per heavy atom. The minimum absolute atomic E-state index is 0.00903. The van der Waals surface area contributed by atoms with E-state index in [4.69, 9.17) is 4.74 Å². The Morgan fingerprint density at radius 1 is 1.33 bits per heavy atom. The zero-order valence-electron chi connectivity index (χ0n) is 13.4. The monoisotopic (exact) mass is 286 g/mol. The first-order valence-corrected chi connectivity index (χ1v) is 7.42. The largest absolute Gasteiger partial charge is 0.463 e. The number of ether oxygens (including phenoxy) is 1. The highest BCUT2D eigenvalue weighted by atomic mass is 16.5. The van der Waals surface area contributed by atoms with Gasteiger partial charge in [0.1, 0.15) is 0 Å². The van der Waals surface area contributed by atoms with Gasteiger partial charge in [-0.25, -0.2) is 9.78 Å². The molecule has 1 aromatic carbocycles. The summed E-state index contributed by atoms with van der Waals surface area (Å²) in [5, 5.41) is 0. The van der Waals surface area contributed by atoms with Crippen LogP contribution in [0.1, 0.15) is 61.3 Å². The molecule has 112 valence electrons. The summed E-state index contributed by atoms with van der Waals surface area (Å²) in [4.78, 5) is 16.4. The Balaban J connectivity index is 2.30. The minimum Gasteiger partial charge on any atom is -0.463 e. The van der Waals surface area contributed by atoms with Gasteiger partial charge in [0.25, 0.3) is 0 Å². The van der Waals surface area contributed by atoms with Gasteiger partial charge in [-0.05, 0) is 41.4 Å². The van der Waals surface area contributed by atoms with Crippen LogP contribution in [0.2, 0.25) is 0 Å². The van der Waals surface area contributed by atoms with E-state index < -0.39 is 0 Å². The van der Waals surface area contributed by atoms with E-state index >= 15 is 0 Å². The van der Waals surface area contributed by atoms with Gasteiger partial charge < -0.3 is 9.30 Å². The van der Waals surface area contributed by atoms with Crippen molar-refractivity contribution in [2.75, 3.05) is 7.11 Å². The molecule has 1 fully saturated rings. The van der Waals surface area contributed by atoms with Crippen molar-refractivity contribution in [2.24, 2.45) is 7.05 Å². The summed E-state index contributed by atoms with van der Waals surface area (Å²) in [6, 6.07) is 4.45. The molecular weight excluding hydrogens is 264 g/mol. The van der Waals surface area contributed by atoms with Crippen molar-refractivity contribution in [1.29, 1.82) is 0 Å². The van der Waals surface area contributed by atoms with E-state index in [1.54, 1.807) is 0 Å². The minimum atomic E-state index is -0.387. The highest BCUT2D eigenvalue weighted by Crippen LogP contribution is 2.43. The predicted octanol–water partition coefficient (Wildman–Crippen LogP) is 3.53. The number of rotatable bonds is 2. The lowest BCUT2D eigenvalue weighted by molar-refractivity contribution is 0.0583. The average Bonchev–Trinajstić information content (AvgIpc) is 3.21. The molecule has 0 amide bonds. The second kappa shape index (κ2) is 4.58. The lowest BCUT2D eigenvalue weighted by Crippen LogP contribution is -2.12. The van der Waals surface area contributed by atoms with Crippen molar-refractivity contribution in [3.05, 3.63) is 29.1 Å². The molecule has 0 N–H and O–H groups in total. The third kappa shape index (κ3) is 2.33. The standard InChI is InChI=1S/C17H22N2O2/c1-17(2,3)12-8-11(10-6-7-10)9-13-14(12)18-15(19(13)4)16(20)21-5/h8-10H,6-7H2,1-5H3.